The first kappa shape index (κ1) is 18.8. The van der Waals surface area contributed by atoms with Crippen molar-refractivity contribution in [3.8, 4) is 11.5 Å². The Labute approximate surface area is 160 Å². The number of methoxy groups -OCH3 is 2. The van der Waals surface area contributed by atoms with Gasteiger partial charge in [-0.15, -0.1) is 0 Å². The molecule has 0 bridgehead atoms. The largest absolute Gasteiger partial charge is 0.497 e. The zero-order chi connectivity index (χ0) is 19.2. The van der Waals surface area contributed by atoms with Crippen LogP contribution in [0.1, 0.15) is 30.5 Å². The van der Waals surface area contributed by atoms with Crippen LogP contribution < -0.4 is 14.8 Å². The third-order valence-electron chi connectivity index (χ3n) is 4.78. The van der Waals surface area contributed by atoms with E-state index in [9.17, 15) is 4.79 Å². The van der Waals surface area contributed by atoms with E-state index < -0.39 is 0 Å². The Balaban J connectivity index is 1.67. The Hall–Kier alpha value is -3.01. The fraction of sp³-hybridized carbons (Fsp3) is 0.261. The molecule has 0 heterocycles. The number of nitrogens with one attached hydrogen (secondary N) is 1. The number of carbonyl (C=O) groups excluding carboxylic acids is 1. The van der Waals surface area contributed by atoms with E-state index in [1.165, 1.54) is 16.3 Å². The summed E-state index contributed by atoms with van der Waals surface area (Å²) < 4.78 is 10.7. The molecule has 1 atom stereocenters. The van der Waals surface area contributed by atoms with Crippen LogP contribution in [0.25, 0.3) is 10.8 Å². The molecule has 0 saturated heterocycles. The first-order valence-electron chi connectivity index (χ1n) is 9.10. The van der Waals surface area contributed by atoms with Crippen molar-refractivity contribution in [2.75, 3.05) is 14.2 Å². The molecule has 3 aromatic rings. The molecule has 140 valence electrons. The van der Waals surface area contributed by atoms with E-state index in [4.69, 9.17) is 9.47 Å². The van der Waals surface area contributed by atoms with Crippen molar-refractivity contribution in [1.82, 2.24) is 5.32 Å². The van der Waals surface area contributed by atoms with Crippen molar-refractivity contribution in [3.63, 3.8) is 0 Å². The Morgan fingerprint density at radius 3 is 2.56 bits per heavy atom. The molecule has 0 unspecified atom stereocenters. The van der Waals surface area contributed by atoms with Gasteiger partial charge in [-0.1, -0.05) is 42.5 Å². The van der Waals surface area contributed by atoms with Crippen LogP contribution in [0.5, 0.6) is 11.5 Å². The third kappa shape index (κ3) is 4.40. The quantitative estimate of drug-likeness (QED) is 0.664. The summed E-state index contributed by atoms with van der Waals surface area (Å²) in [6.07, 6.45) is 1.14. The van der Waals surface area contributed by atoms with Crippen LogP contribution in [0.2, 0.25) is 0 Å². The molecular weight excluding hydrogens is 338 g/mol. The van der Waals surface area contributed by atoms with Gasteiger partial charge in [-0.3, -0.25) is 4.79 Å². The Morgan fingerprint density at radius 1 is 1.00 bits per heavy atom. The highest BCUT2D eigenvalue weighted by Crippen LogP contribution is 2.29. The molecule has 3 aromatic carbocycles. The monoisotopic (exact) mass is 363 g/mol. The summed E-state index contributed by atoms with van der Waals surface area (Å²) in [6, 6.07) is 19.9. The van der Waals surface area contributed by atoms with Gasteiger partial charge in [0.1, 0.15) is 11.5 Å². The van der Waals surface area contributed by atoms with Crippen LogP contribution in [0, 0.1) is 0 Å². The summed E-state index contributed by atoms with van der Waals surface area (Å²) in [6.45, 7) is 1.95. The lowest BCUT2D eigenvalue weighted by Gasteiger charge is -2.18. The van der Waals surface area contributed by atoms with Crippen molar-refractivity contribution in [2.24, 2.45) is 0 Å². The van der Waals surface area contributed by atoms with Crippen LogP contribution in [-0.4, -0.2) is 20.1 Å². The summed E-state index contributed by atoms with van der Waals surface area (Å²) in [5.41, 5.74) is 2.09. The van der Waals surface area contributed by atoms with Gasteiger partial charge in [0.05, 0.1) is 20.3 Å². The van der Waals surface area contributed by atoms with Gasteiger partial charge in [0, 0.05) is 12.0 Å². The van der Waals surface area contributed by atoms with E-state index in [0.717, 1.165) is 17.1 Å². The SMILES string of the molecule is COc1ccc(OC)c([C@H](C)NC(=O)CCc2cccc3ccccc23)c1. The van der Waals surface area contributed by atoms with Crippen molar-refractivity contribution >= 4 is 16.7 Å². The highest BCUT2D eigenvalue weighted by Gasteiger charge is 2.15. The molecule has 0 radical (unpaired) electrons. The molecule has 4 heteroatoms. The highest BCUT2D eigenvalue weighted by atomic mass is 16.5. The third-order valence-corrected chi connectivity index (χ3v) is 4.78. The summed E-state index contributed by atoms with van der Waals surface area (Å²) >= 11 is 0. The van der Waals surface area contributed by atoms with Gasteiger partial charge in [0.2, 0.25) is 5.91 Å². The number of aryl methyl sites for hydroxylation is 1. The number of ether oxygens (including phenoxy) is 2. The van der Waals surface area contributed by atoms with Crippen molar-refractivity contribution in [2.45, 2.75) is 25.8 Å². The smallest absolute Gasteiger partial charge is 0.220 e. The topological polar surface area (TPSA) is 47.6 Å². The zero-order valence-corrected chi connectivity index (χ0v) is 16.0. The van der Waals surface area contributed by atoms with Crippen molar-refractivity contribution in [3.05, 3.63) is 71.8 Å². The first-order valence-corrected chi connectivity index (χ1v) is 9.10. The maximum atomic E-state index is 12.5. The number of hydrogen-bond acceptors (Lipinski definition) is 3. The molecule has 0 aliphatic carbocycles. The number of rotatable bonds is 7. The molecule has 0 aromatic heterocycles. The van der Waals surface area contributed by atoms with E-state index in [0.29, 0.717) is 12.8 Å². The maximum absolute atomic E-state index is 12.5. The molecule has 4 nitrogen and oxygen atoms in total. The van der Waals surface area contributed by atoms with Crippen molar-refractivity contribution in [1.29, 1.82) is 0 Å². The average molecular weight is 363 g/mol. The predicted octanol–water partition coefficient (Wildman–Crippen LogP) is 4.67. The molecule has 0 aliphatic rings. The fourth-order valence-electron chi connectivity index (χ4n) is 3.33. The summed E-state index contributed by atoms with van der Waals surface area (Å²) in [7, 11) is 3.25. The van der Waals surface area contributed by atoms with Crippen LogP contribution in [-0.2, 0) is 11.2 Å². The summed E-state index contributed by atoms with van der Waals surface area (Å²) in [4.78, 5) is 12.5. The molecule has 1 amide bonds. The molecule has 0 spiro atoms. The minimum absolute atomic E-state index is 0.0142. The van der Waals surface area contributed by atoms with Gasteiger partial charge in [0.15, 0.2) is 0 Å². The standard InChI is InChI=1S/C23H25NO3/c1-16(21-15-19(26-2)12-13-22(21)27-3)24-23(25)14-11-18-9-6-8-17-7-4-5-10-20(17)18/h4-10,12-13,15-16H,11,14H2,1-3H3,(H,24,25)/t16-/m0/s1. The highest BCUT2D eigenvalue weighted by molar-refractivity contribution is 5.86. The first-order chi connectivity index (χ1) is 13.1. The normalized spacial score (nSPS) is 11.8. The number of hydrogen-bond donors (Lipinski definition) is 1. The zero-order valence-electron chi connectivity index (χ0n) is 16.0. The summed E-state index contributed by atoms with van der Waals surface area (Å²) in [5, 5.41) is 5.47. The second-order valence-electron chi connectivity index (χ2n) is 6.54. The van der Waals surface area contributed by atoms with Gasteiger partial charge in [-0.25, -0.2) is 0 Å². The second-order valence-corrected chi connectivity index (χ2v) is 6.54. The van der Waals surface area contributed by atoms with Gasteiger partial charge >= 0.3 is 0 Å². The van der Waals surface area contributed by atoms with Gasteiger partial charge in [-0.05, 0) is 47.9 Å². The summed E-state index contributed by atoms with van der Waals surface area (Å²) in [5.74, 6) is 1.49. The predicted molar refractivity (Wildman–Crippen MR) is 108 cm³/mol. The minimum Gasteiger partial charge on any atom is -0.497 e. The fourth-order valence-corrected chi connectivity index (χ4v) is 3.33. The van der Waals surface area contributed by atoms with Crippen molar-refractivity contribution < 1.29 is 14.3 Å². The lowest BCUT2D eigenvalue weighted by molar-refractivity contribution is -0.121. The van der Waals surface area contributed by atoms with Crippen LogP contribution in [0.3, 0.4) is 0 Å². The molecule has 3 rings (SSSR count). The number of fused-ring (bicyclic) bond motifs is 1. The van der Waals surface area contributed by atoms with Crippen LogP contribution in [0.4, 0.5) is 0 Å². The number of benzene rings is 3. The number of carbonyl (C=O) groups is 1. The molecule has 0 aliphatic heterocycles. The van der Waals surface area contributed by atoms with E-state index >= 15 is 0 Å². The number of amides is 1. The Kier molecular flexibility index (Phi) is 5.97. The Morgan fingerprint density at radius 2 is 1.78 bits per heavy atom. The van der Waals surface area contributed by atoms with E-state index in [-0.39, 0.29) is 11.9 Å². The Bertz CT molecular complexity index is 931. The maximum Gasteiger partial charge on any atom is 0.220 e. The molecule has 27 heavy (non-hydrogen) atoms. The lowest BCUT2D eigenvalue weighted by Crippen LogP contribution is -2.27. The van der Waals surface area contributed by atoms with Gasteiger partial charge in [-0.2, -0.15) is 0 Å². The molecule has 0 saturated carbocycles. The van der Waals surface area contributed by atoms with Gasteiger partial charge in [0.25, 0.3) is 0 Å². The van der Waals surface area contributed by atoms with E-state index in [2.05, 4.69) is 29.6 Å². The molecule has 1 N–H and O–H groups in total. The lowest BCUT2D eigenvalue weighted by atomic mass is 10.0. The average Bonchev–Trinajstić information content (AvgIpc) is 2.71. The van der Waals surface area contributed by atoms with Crippen LogP contribution >= 0.6 is 0 Å². The van der Waals surface area contributed by atoms with Crippen LogP contribution in [0.15, 0.2) is 60.7 Å². The molecular formula is C23H25NO3. The molecule has 0 fully saturated rings. The van der Waals surface area contributed by atoms with E-state index in [1.54, 1.807) is 14.2 Å². The minimum atomic E-state index is -0.171. The second kappa shape index (κ2) is 8.58. The van der Waals surface area contributed by atoms with E-state index in [1.807, 2.05) is 43.3 Å². The van der Waals surface area contributed by atoms with Gasteiger partial charge < -0.3 is 14.8 Å².